The first-order valence-electron chi connectivity index (χ1n) is 6.44. The van der Waals surface area contributed by atoms with E-state index in [1.165, 1.54) is 51.9 Å². The molecule has 1 heterocycles. The number of hydrogen-bond acceptors (Lipinski definition) is 3. The summed E-state index contributed by atoms with van der Waals surface area (Å²) >= 11 is 0. The zero-order chi connectivity index (χ0) is 10.7. The fraction of sp³-hybridized carbons (Fsp3) is 1.00. The summed E-state index contributed by atoms with van der Waals surface area (Å²) in [6.07, 6.45) is 5.59. The van der Waals surface area contributed by atoms with E-state index in [2.05, 4.69) is 16.8 Å². The molecule has 1 saturated heterocycles. The van der Waals surface area contributed by atoms with E-state index in [1.54, 1.807) is 0 Å². The fourth-order valence-corrected chi connectivity index (χ4v) is 2.68. The molecule has 0 radical (unpaired) electrons. The van der Waals surface area contributed by atoms with Crippen LogP contribution >= 0.6 is 0 Å². The maximum Gasteiger partial charge on any atom is 0.0244 e. The van der Waals surface area contributed by atoms with E-state index in [4.69, 9.17) is 5.73 Å². The quantitative estimate of drug-likeness (QED) is 0.704. The number of nitrogens with zero attached hydrogens (tertiary/aromatic N) is 2. The SMILES string of the molecule is CN(CCN1CCCC1)C(CN)C1CC1. The molecule has 3 heteroatoms. The van der Waals surface area contributed by atoms with Gasteiger partial charge in [0.2, 0.25) is 0 Å². The highest BCUT2D eigenvalue weighted by Gasteiger charge is 2.32. The molecule has 1 unspecified atom stereocenters. The van der Waals surface area contributed by atoms with Crippen LogP contribution < -0.4 is 5.73 Å². The molecule has 0 amide bonds. The van der Waals surface area contributed by atoms with Gasteiger partial charge in [-0.1, -0.05) is 0 Å². The molecule has 15 heavy (non-hydrogen) atoms. The second-order valence-electron chi connectivity index (χ2n) is 5.17. The number of hydrogen-bond donors (Lipinski definition) is 1. The maximum atomic E-state index is 5.84. The Hall–Kier alpha value is -0.120. The Morgan fingerprint density at radius 2 is 2.00 bits per heavy atom. The highest BCUT2D eigenvalue weighted by Crippen LogP contribution is 2.34. The third-order valence-electron chi connectivity index (χ3n) is 3.94. The molecule has 1 saturated carbocycles. The van der Waals surface area contributed by atoms with Gasteiger partial charge in [-0.15, -0.1) is 0 Å². The number of likely N-dealkylation sites (tertiary alicyclic amines) is 1. The summed E-state index contributed by atoms with van der Waals surface area (Å²) in [4.78, 5) is 5.06. The van der Waals surface area contributed by atoms with Gasteiger partial charge in [0.15, 0.2) is 0 Å². The van der Waals surface area contributed by atoms with Gasteiger partial charge in [-0.05, 0) is 51.7 Å². The van der Waals surface area contributed by atoms with Crippen molar-refractivity contribution in [2.45, 2.75) is 31.7 Å². The van der Waals surface area contributed by atoms with E-state index >= 15 is 0 Å². The summed E-state index contributed by atoms with van der Waals surface area (Å²) in [5, 5.41) is 0. The van der Waals surface area contributed by atoms with Crippen molar-refractivity contribution < 1.29 is 0 Å². The van der Waals surface area contributed by atoms with Crippen molar-refractivity contribution in [1.29, 1.82) is 0 Å². The summed E-state index contributed by atoms with van der Waals surface area (Å²) in [5.74, 6) is 0.901. The zero-order valence-electron chi connectivity index (χ0n) is 9.99. The average Bonchev–Trinajstić information content (AvgIpc) is 2.93. The highest BCUT2D eigenvalue weighted by atomic mass is 15.2. The molecule has 0 aromatic heterocycles. The van der Waals surface area contributed by atoms with Crippen LogP contribution in [0.4, 0.5) is 0 Å². The smallest absolute Gasteiger partial charge is 0.0244 e. The topological polar surface area (TPSA) is 32.5 Å². The van der Waals surface area contributed by atoms with E-state index in [9.17, 15) is 0 Å². The molecule has 0 spiro atoms. The van der Waals surface area contributed by atoms with Gasteiger partial charge in [0.25, 0.3) is 0 Å². The van der Waals surface area contributed by atoms with Crippen molar-refractivity contribution >= 4 is 0 Å². The van der Waals surface area contributed by atoms with Crippen molar-refractivity contribution in [3.63, 3.8) is 0 Å². The van der Waals surface area contributed by atoms with Crippen LogP contribution in [0.15, 0.2) is 0 Å². The molecule has 2 aliphatic rings. The van der Waals surface area contributed by atoms with Gasteiger partial charge in [0.1, 0.15) is 0 Å². The molecule has 0 aromatic carbocycles. The molecule has 1 aliphatic heterocycles. The van der Waals surface area contributed by atoms with Crippen molar-refractivity contribution in [2.24, 2.45) is 11.7 Å². The predicted octanol–water partition coefficient (Wildman–Crippen LogP) is 0.751. The minimum Gasteiger partial charge on any atom is -0.329 e. The molecule has 2 fully saturated rings. The predicted molar refractivity (Wildman–Crippen MR) is 63.9 cm³/mol. The van der Waals surface area contributed by atoms with Gasteiger partial charge in [0, 0.05) is 25.7 Å². The molecular weight excluding hydrogens is 186 g/mol. The first kappa shape index (κ1) is 11.4. The van der Waals surface area contributed by atoms with Crippen LogP contribution in [0.5, 0.6) is 0 Å². The molecule has 0 aromatic rings. The summed E-state index contributed by atoms with van der Waals surface area (Å²) < 4.78 is 0. The lowest BCUT2D eigenvalue weighted by atomic mass is 10.1. The molecule has 2 rings (SSSR count). The van der Waals surface area contributed by atoms with Crippen molar-refractivity contribution in [1.82, 2.24) is 9.80 Å². The van der Waals surface area contributed by atoms with Crippen LogP contribution in [0.3, 0.4) is 0 Å². The second kappa shape index (κ2) is 5.28. The largest absolute Gasteiger partial charge is 0.329 e. The third kappa shape index (κ3) is 3.16. The first-order chi connectivity index (χ1) is 7.31. The lowest BCUT2D eigenvalue weighted by Crippen LogP contribution is -2.43. The first-order valence-corrected chi connectivity index (χ1v) is 6.44. The summed E-state index contributed by atoms with van der Waals surface area (Å²) in [6, 6.07) is 0.646. The summed E-state index contributed by atoms with van der Waals surface area (Å²) in [7, 11) is 2.24. The molecule has 1 atom stereocenters. The molecule has 2 N–H and O–H groups in total. The maximum absolute atomic E-state index is 5.84. The number of likely N-dealkylation sites (N-methyl/N-ethyl adjacent to an activating group) is 1. The fourth-order valence-electron chi connectivity index (χ4n) is 2.68. The van der Waals surface area contributed by atoms with E-state index in [1.807, 2.05) is 0 Å². The van der Waals surface area contributed by atoms with Crippen LogP contribution in [0.25, 0.3) is 0 Å². The molecule has 1 aliphatic carbocycles. The average molecular weight is 211 g/mol. The van der Waals surface area contributed by atoms with Crippen LogP contribution in [0, 0.1) is 5.92 Å². The monoisotopic (exact) mass is 211 g/mol. The normalized spacial score (nSPS) is 25.0. The lowest BCUT2D eigenvalue weighted by Gasteiger charge is -2.28. The molecule has 88 valence electrons. The van der Waals surface area contributed by atoms with Gasteiger partial charge in [-0.2, -0.15) is 0 Å². The van der Waals surface area contributed by atoms with E-state index in [0.717, 1.165) is 12.5 Å². The van der Waals surface area contributed by atoms with Crippen LogP contribution in [-0.2, 0) is 0 Å². The lowest BCUT2D eigenvalue weighted by molar-refractivity contribution is 0.192. The van der Waals surface area contributed by atoms with Gasteiger partial charge in [-0.3, -0.25) is 0 Å². The van der Waals surface area contributed by atoms with Gasteiger partial charge in [0.05, 0.1) is 0 Å². The Morgan fingerprint density at radius 3 is 2.53 bits per heavy atom. The standard InChI is InChI=1S/C12H25N3/c1-14(12(10-13)11-4-5-11)8-9-15-6-2-3-7-15/h11-12H,2-10,13H2,1H3. The van der Waals surface area contributed by atoms with E-state index in [-0.39, 0.29) is 0 Å². The van der Waals surface area contributed by atoms with Gasteiger partial charge in [-0.25, -0.2) is 0 Å². The third-order valence-corrected chi connectivity index (χ3v) is 3.94. The molecular formula is C12H25N3. The van der Waals surface area contributed by atoms with Gasteiger partial charge >= 0.3 is 0 Å². The number of nitrogens with two attached hydrogens (primary N) is 1. The van der Waals surface area contributed by atoms with Crippen molar-refractivity contribution in [3.8, 4) is 0 Å². The molecule has 3 nitrogen and oxygen atoms in total. The van der Waals surface area contributed by atoms with Crippen LogP contribution in [0.2, 0.25) is 0 Å². The van der Waals surface area contributed by atoms with Crippen molar-refractivity contribution in [3.05, 3.63) is 0 Å². The minimum atomic E-state index is 0.646. The number of rotatable bonds is 6. The second-order valence-corrected chi connectivity index (χ2v) is 5.17. The summed E-state index contributed by atoms with van der Waals surface area (Å²) in [5.41, 5.74) is 5.84. The zero-order valence-corrected chi connectivity index (χ0v) is 9.99. The Labute approximate surface area is 93.6 Å². The Kier molecular flexibility index (Phi) is 4.00. The highest BCUT2D eigenvalue weighted by molar-refractivity contribution is 4.88. The Morgan fingerprint density at radius 1 is 1.33 bits per heavy atom. The van der Waals surface area contributed by atoms with Crippen molar-refractivity contribution in [2.75, 3.05) is 39.8 Å². The van der Waals surface area contributed by atoms with Gasteiger partial charge < -0.3 is 15.5 Å². The minimum absolute atomic E-state index is 0.646. The summed E-state index contributed by atoms with van der Waals surface area (Å²) in [6.45, 7) is 5.88. The Bertz CT molecular complexity index is 185. The Balaban J connectivity index is 1.67. The van der Waals surface area contributed by atoms with Crippen LogP contribution in [-0.4, -0.2) is 55.6 Å². The van der Waals surface area contributed by atoms with Crippen LogP contribution in [0.1, 0.15) is 25.7 Å². The van der Waals surface area contributed by atoms with E-state index in [0.29, 0.717) is 6.04 Å². The molecule has 0 bridgehead atoms. The van der Waals surface area contributed by atoms with E-state index < -0.39 is 0 Å².